The van der Waals surface area contributed by atoms with Crippen LogP contribution in [0.2, 0.25) is 0 Å². The molecule has 0 aliphatic heterocycles. The number of aryl methyl sites for hydroxylation is 1. The predicted octanol–water partition coefficient (Wildman–Crippen LogP) is 2.87. The van der Waals surface area contributed by atoms with E-state index in [1.165, 1.54) is 0 Å². The van der Waals surface area contributed by atoms with Crippen LogP contribution in [0.15, 0.2) is 12.4 Å². The van der Waals surface area contributed by atoms with Crippen LogP contribution in [0.1, 0.15) is 51.0 Å². The van der Waals surface area contributed by atoms with Crippen molar-refractivity contribution >= 4 is 0 Å². The Morgan fingerprint density at radius 2 is 2.00 bits per heavy atom. The van der Waals surface area contributed by atoms with E-state index in [1.54, 1.807) is 0 Å². The highest BCUT2D eigenvalue weighted by molar-refractivity contribution is 5.06. The van der Waals surface area contributed by atoms with E-state index < -0.39 is 0 Å². The molecule has 0 fully saturated rings. The fraction of sp³-hybridized carbons (Fsp3) is 0.692. The number of rotatable bonds is 6. The third-order valence-corrected chi connectivity index (χ3v) is 2.51. The minimum atomic E-state index is 0.341. The molecule has 0 saturated carbocycles. The van der Waals surface area contributed by atoms with Crippen molar-refractivity contribution in [3.8, 4) is 0 Å². The molecule has 1 unspecified atom stereocenters. The van der Waals surface area contributed by atoms with Gasteiger partial charge in [-0.25, -0.2) is 0 Å². The highest BCUT2D eigenvalue weighted by atomic mass is 14.9. The van der Waals surface area contributed by atoms with Gasteiger partial charge in [0.15, 0.2) is 0 Å². The number of nitrogens with one attached hydrogen (secondary N) is 1. The first kappa shape index (κ1) is 13.1. The summed E-state index contributed by atoms with van der Waals surface area (Å²) in [6.07, 6.45) is 5.99. The molecule has 0 bridgehead atoms. The van der Waals surface area contributed by atoms with Crippen molar-refractivity contribution in [3.63, 3.8) is 0 Å². The number of hydrogen-bond acceptors (Lipinski definition) is 3. The summed E-state index contributed by atoms with van der Waals surface area (Å²) in [6, 6.07) is 0.341. The van der Waals surface area contributed by atoms with Crippen molar-refractivity contribution in [2.45, 2.75) is 46.6 Å². The molecule has 0 aliphatic carbocycles. The lowest BCUT2D eigenvalue weighted by atomic mass is 10.0. The van der Waals surface area contributed by atoms with E-state index in [2.05, 4.69) is 36.1 Å². The Morgan fingerprint density at radius 1 is 1.25 bits per heavy atom. The van der Waals surface area contributed by atoms with E-state index in [-0.39, 0.29) is 0 Å². The van der Waals surface area contributed by atoms with Crippen LogP contribution >= 0.6 is 0 Å². The molecule has 0 aromatic carbocycles. The van der Waals surface area contributed by atoms with Gasteiger partial charge in [-0.2, -0.15) is 0 Å². The molecule has 0 radical (unpaired) electrons. The molecule has 1 rings (SSSR count). The Morgan fingerprint density at radius 3 is 2.50 bits per heavy atom. The van der Waals surface area contributed by atoms with Gasteiger partial charge < -0.3 is 5.32 Å². The Balaban J connectivity index is 2.70. The van der Waals surface area contributed by atoms with Gasteiger partial charge in [0.1, 0.15) is 0 Å². The summed E-state index contributed by atoms with van der Waals surface area (Å²) >= 11 is 0. The van der Waals surface area contributed by atoms with Crippen LogP contribution in [-0.2, 0) is 0 Å². The van der Waals surface area contributed by atoms with Crippen LogP contribution in [0.3, 0.4) is 0 Å². The van der Waals surface area contributed by atoms with Gasteiger partial charge in [0.25, 0.3) is 0 Å². The monoisotopic (exact) mass is 221 g/mol. The lowest BCUT2D eigenvalue weighted by Crippen LogP contribution is -2.24. The average molecular weight is 221 g/mol. The smallest absolute Gasteiger partial charge is 0.0756 e. The number of aromatic nitrogens is 2. The van der Waals surface area contributed by atoms with E-state index >= 15 is 0 Å². The number of nitrogens with zero attached hydrogens (tertiary/aromatic N) is 2. The second-order valence-electron chi connectivity index (χ2n) is 4.72. The molecule has 0 spiro atoms. The van der Waals surface area contributed by atoms with Crippen LogP contribution in [-0.4, -0.2) is 16.5 Å². The third kappa shape index (κ3) is 4.27. The Labute approximate surface area is 98.7 Å². The first-order chi connectivity index (χ1) is 7.63. The zero-order valence-electron chi connectivity index (χ0n) is 10.8. The van der Waals surface area contributed by atoms with Gasteiger partial charge in [0, 0.05) is 6.20 Å². The maximum absolute atomic E-state index is 4.46. The fourth-order valence-corrected chi connectivity index (χ4v) is 1.68. The van der Waals surface area contributed by atoms with Gasteiger partial charge >= 0.3 is 0 Å². The zero-order valence-corrected chi connectivity index (χ0v) is 10.8. The summed E-state index contributed by atoms with van der Waals surface area (Å²) in [6.45, 7) is 9.66. The van der Waals surface area contributed by atoms with Gasteiger partial charge in [-0.1, -0.05) is 20.8 Å². The molecular weight excluding hydrogens is 198 g/mol. The molecule has 1 aromatic rings. The summed E-state index contributed by atoms with van der Waals surface area (Å²) in [4.78, 5) is 8.77. The molecule has 16 heavy (non-hydrogen) atoms. The fourth-order valence-electron chi connectivity index (χ4n) is 1.68. The van der Waals surface area contributed by atoms with Crippen molar-refractivity contribution in [1.29, 1.82) is 0 Å². The van der Waals surface area contributed by atoms with Crippen molar-refractivity contribution in [3.05, 3.63) is 23.8 Å². The van der Waals surface area contributed by atoms with E-state index in [1.807, 2.05) is 19.3 Å². The van der Waals surface area contributed by atoms with Crippen LogP contribution in [0.5, 0.6) is 0 Å². The van der Waals surface area contributed by atoms with Crippen LogP contribution in [0.25, 0.3) is 0 Å². The number of hydrogen-bond donors (Lipinski definition) is 1. The Bertz CT molecular complexity index is 293. The maximum atomic E-state index is 4.46. The van der Waals surface area contributed by atoms with E-state index in [0.717, 1.165) is 30.8 Å². The second-order valence-corrected chi connectivity index (χ2v) is 4.72. The average Bonchev–Trinajstić information content (AvgIpc) is 2.25. The quantitative estimate of drug-likeness (QED) is 0.802. The molecule has 0 aliphatic rings. The van der Waals surface area contributed by atoms with Crippen LogP contribution in [0, 0.1) is 12.8 Å². The van der Waals surface area contributed by atoms with Crippen LogP contribution in [0.4, 0.5) is 0 Å². The van der Waals surface area contributed by atoms with Gasteiger partial charge in [0.2, 0.25) is 0 Å². The second kappa shape index (κ2) is 6.59. The molecule has 90 valence electrons. The molecular formula is C13H23N3. The zero-order chi connectivity index (χ0) is 12.0. The molecule has 1 heterocycles. The van der Waals surface area contributed by atoms with Crippen molar-refractivity contribution in [2.24, 2.45) is 5.92 Å². The molecule has 3 nitrogen and oxygen atoms in total. The highest BCUT2D eigenvalue weighted by Crippen LogP contribution is 2.18. The highest BCUT2D eigenvalue weighted by Gasteiger charge is 2.13. The third-order valence-electron chi connectivity index (χ3n) is 2.51. The summed E-state index contributed by atoms with van der Waals surface area (Å²) in [7, 11) is 0. The van der Waals surface area contributed by atoms with Gasteiger partial charge in [-0.3, -0.25) is 9.97 Å². The summed E-state index contributed by atoms with van der Waals surface area (Å²) < 4.78 is 0. The summed E-state index contributed by atoms with van der Waals surface area (Å²) in [5, 5.41) is 3.53. The molecule has 1 atom stereocenters. The maximum Gasteiger partial charge on any atom is 0.0756 e. The van der Waals surface area contributed by atoms with Gasteiger partial charge in [0.05, 0.1) is 23.6 Å². The topological polar surface area (TPSA) is 37.8 Å². The normalized spacial score (nSPS) is 13.1. The predicted molar refractivity (Wildman–Crippen MR) is 67.3 cm³/mol. The van der Waals surface area contributed by atoms with Gasteiger partial charge in [-0.05, 0) is 32.2 Å². The molecule has 0 saturated heterocycles. The molecule has 3 heteroatoms. The van der Waals surface area contributed by atoms with Gasteiger partial charge in [-0.15, -0.1) is 0 Å². The summed E-state index contributed by atoms with van der Waals surface area (Å²) in [5.41, 5.74) is 2.04. The molecule has 0 amide bonds. The Kier molecular flexibility index (Phi) is 5.39. The van der Waals surface area contributed by atoms with E-state index in [4.69, 9.17) is 0 Å². The van der Waals surface area contributed by atoms with E-state index in [9.17, 15) is 0 Å². The lowest BCUT2D eigenvalue weighted by molar-refractivity contribution is 0.421. The van der Waals surface area contributed by atoms with Crippen molar-refractivity contribution < 1.29 is 0 Å². The van der Waals surface area contributed by atoms with E-state index in [0.29, 0.717) is 12.0 Å². The lowest BCUT2D eigenvalue weighted by Gasteiger charge is -2.19. The van der Waals surface area contributed by atoms with Crippen LogP contribution < -0.4 is 5.32 Å². The minimum absolute atomic E-state index is 0.341. The minimum Gasteiger partial charge on any atom is -0.309 e. The molecule has 1 aromatic heterocycles. The first-order valence-electron chi connectivity index (χ1n) is 6.15. The molecule has 1 N–H and O–H groups in total. The van der Waals surface area contributed by atoms with Crippen molar-refractivity contribution in [2.75, 3.05) is 6.54 Å². The summed E-state index contributed by atoms with van der Waals surface area (Å²) in [5.74, 6) is 0.664. The SMILES string of the molecule is CCCNC(CC(C)C)c1cnc(C)cn1. The largest absolute Gasteiger partial charge is 0.309 e. The van der Waals surface area contributed by atoms with Crippen molar-refractivity contribution in [1.82, 2.24) is 15.3 Å². The first-order valence-corrected chi connectivity index (χ1v) is 6.15. The Hall–Kier alpha value is -0.960. The standard InChI is InChI=1S/C13H23N3/c1-5-6-14-12(7-10(2)3)13-9-15-11(4)8-16-13/h8-10,12,14H,5-7H2,1-4H3.